The SMILES string of the molecule is CNC(c1cccc(OC)c1)c1c(C)cc(C)cc1OC. The molecule has 0 aliphatic heterocycles. The predicted molar refractivity (Wildman–Crippen MR) is 86.4 cm³/mol. The second kappa shape index (κ2) is 6.64. The third-order valence-electron chi connectivity index (χ3n) is 3.72. The first kappa shape index (κ1) is 15.4. The Bertz CT molecular complexity index is 623. The van der Waals surface area contributed by atoms with Crippen LogP contribution in [-0.4, -0.2) is 21.3 Å². The van der Waals surface area contributed by atoms with Crippen molar-refractivity contribution in [3.8, 4) is 11.5 Å². The Kier molecular flexibility index (Phi) is 4.86. The molecule has 1 unspecified atom stereocenters. The largest absolute Gasteiger partial charge is 0.497 e. The minimum Gasteiger partial charge on any atom is -0.497 e. The molecule has 0 radical (unpaired) electrons. The van der Waals surface area contributed by atoms with Crippen LogP contribution in [0.4, 0.5) is 0 Å². The lowest BCUT2D eigenvalue weighted by atomic mass is 9.92. The van der Waals surface area contributed by atoms with Gasteiger partial charge in [0.2, 0.25) is 0 Å². The summed E-state index contributed by atoms with van der Waals surface area (Å²) in [7, 11) is 5.37. The van der Waals surface area contributed by atoms with Gasteiger partial charge in [-0.15, -0.1) is 0 Å². The van der Waals surface area contributed by atoms with Crippen molar-refractivity contribution in [1.82, 2.24) is 5.32 Å². The number of benzene rings is 2. The number of nitrogens with one attached hydrogen (secondary N) is 1. The van der Waals surface area contributed by atoms with Gasteiger partial charge < -0.3 is 14.8 Å². The summed E-state index contributed by atoms with van der Waals surface area (Å²) in [5, 5.41) is 3.39. The minimum atomic E-state index is 0.0654. The first-order valence-electron chi connectivity index (χ1n) is 7.07. The van der Waals surface area contributed by atoms with E-state index in [1.165, 1.54) is 16.7 Å². The van der Waals surface area contributed by atoms with Gasteiger partial charge in [0.25, 0.3) is 0 Å². The Morgan fingerprint density at radius 1 is 1.00 bits per heavy atom. The Morgan fingerprint density at radius 3 is 2.38 bits per heavy atom. The van der Waals surface area contributed by atoms with Crippen LogP contribution in [0.1, 0.15) is 28.3 Å². The lowest BCUT2D eigenvalue weighted by Crippen LogP contribution is -2.19. The van der Waals surface area contributed by atoms with Crippen LogP contribution in [0.15, 0.2) is 36.4 Å². The monoisotopic (exact) mass is 285 g/mol. The van der Waals surface area contributed by atoms with Crippen molar-refractivity contribution < 1.29 is 9.47 Å². The van der Waals surface area contributed by atoms with E-state index in [-0.39, 0.29) is 6.04 Å². The highest BCUT2D eigenvalue weighted by Crippen LogP contribution is 2.34. The number of hydrogen-bond acceptors (Lipinski definition) is 3. The third-order valence-corrected chi connectivity index (χ3v) is 3.72. The van der Waals surface area contributed by atoms with E-state index in [1.54, 1.807) is 14.2 Å². The zero-order valence-electron chi connectivity index (χ0n) is 13.4. The van der Waals surface area contributed by atoms with Gasteiger partial charge in [0.15, 0.2) is 0 Å². The van der Waals surface area contributed by atoms with Crippen molar-refractivity contribution in [1.29, 1.82) is 0 Å². The van der Waals surface area contributed by atoms with Crippen LogP contribution in [-0.2, 0) is 0 Å². The summed E-state index contributed by atoms with van der Waals surface area (Å²) in [6, 6.07) is 12.4. The highest BCUT2D eigenvalue weighted by Gasteiger charge is 2.19. The topological polar surface area (TPSA) is 30.5 Å². The summed E-state index contributed by atoms with van der Waals surface area (Å²) < 4.78 is 10.9. The van der Waals surface area contributed by atoms with Crippen LogP contribution in [0.5, 0.6) is 11.5 Å². The van der Waals surface area contributed by atoms with Gasteiger partial charge in [-0.3, -0.25) is 0 Å². The molecule has 2 aromatic carbocycles. The van der Waals surface area contributed by atoms with Gasteiger partial charge in [-0.05, 0) is 55.8 Å². The van der Waals surface area contributed by atoms with Crippen molar-refractivity contribution in [2.24, 2.45) is 0 Å². The summed E-state index contributed by atoms with van der Waals surface area (Å²) in [6.45, 7) is 4.20. The van der Waals surface area contributed by atoms with E-state index in [2.05, 4.69) is 43.4 Å². The van der Waals surface area contributed by atoms with Crippen LogP contribution in [0.25, 0.3) is 0 Å². The molecule has 2 rings (SSSR count). The first-order chi connectivity index (χ1) is 10.1. The number of methoxy groups -OCH3 is 2. The van der Waals surface area contributed by atoms with E-state index in [4.69, 9.17) is 9.47 Å². The molecule has 3 heteroatoms. The van der Waals surface area contributed by atoms with E-state index < -0.39 is 0 Å². The zero-order valence-corrected chi connectivity index (χ0v) is 13.4. The van der Waals surface area contributed by atoms with Crippen LogP contribution in [0.3, 0.4) is 0 Å². The van der Waals surface area contributed by atoms with Gasteiger partial charge >= 0.3 is 0 Å². The number of ether oxygens (including phenoxy) is 2. The predicted octanol–water partition coefficient (Wildman–Crippen LogP) is 3.63. The molecule has 21 heavy (non-hydrogen) atoms. The Morgan fingerprint density at radius 2 is 1.76 bits per heavy atom. The molecule has 0 heterocycles. The van der Waals surface area contributed by atoms with Crippen LogP contribution in [0.2, 0.25) is 0 Å². The van der Waals surface area contributed by atoms with Crippen molar-refractivity contribution in [2.75, 3.05) is 21.3 Å². The van der Waals surface area contributed by atoms with Gasteiger partial charge in [0.1, 0.15) is 11.5 Å². The highest BCUT2D eigenvalue weighted by molar-refractivity contribution is 5.49. The van der Waals surface area contributed by atoms with Crippen molar-refractivity contribution >= 4 is 0 Å². The number of aryl methyl sites for hydroxylation is 2. The summed E-state index contributed by atoms with van der Waals surface area (Å²) in [5.41, 5.74) is 4.74. The molecule has 0 spiro atoms. The first-order valence-corrected chi connectivity index (χ1v) is 7.07. The molecule has 0 aliphatic carbocycles. The van der Waals surface area contributed by atoms with Gasteiger partial charge in [0, 0.05) is 5.56 Å². The molecule has 3 nitrogen and oxygen atoms in total. The molecule has 0 aromatic heterocycles. The van der Waals surface area contributed by atoms with Crippen LogP contribution >= 0.6 is 0 Å². The van der Waals surface area contributed by atoms with Crippen molar-refractivity contribution in [3.05, 3.63) is 58.7 Å². The van der Waals surface area contributed by atoms with Gasteiger partial charge in [-0.25, -0.2) is 0 Å². The summed E-state index contributed by atoms with van der Waals surface area (Å²) in [5.74, 6) is 1.77. The van der Waals surface area contributed by atoms with Gasteiger partial charge in [-0.1, -0.05) is 18.2 Å². The molecule has 112 valence electrons. The average Bonchev–Trinajstić information content (AvgIpc) is 2.49. The molecule has 0 saturated carbocycles. The molecule has 1 atom stereocenters. The fourth-order valence-corrected chi connectivity index (χ4v) is 2.78. The Labute approximate surface area is 126 Å². The van der Waals surface area contributed by atoms with Crippen LogP contribution < -0.4 is 14.8 Å². The molecular weight excluding hydrogens is 262 g/mol. The Balaban J connectivity index is 2.55. The van der Waals surface area contributed by atoms with Crippen molar-refractivity contribution in [3.63, 3.8) is 0 Å². The minimum absolute atomic E-state index is 0.0654. The standard InChI is InChI=1S/C18H23NO2/c1-12-9-13(2)17(16(10-12)21-5)18(19-3)14-7-6-8-15(11-14)20-4/h6-11,18-19H,1-5H3. The normalized spacial score (nSPS) is 12.0. The van der Waals surface area contributed by atoms with E-state index in [1.807, 2.05) is 19.2 Å². The molecule has 0 fully saturated rings. The molecule has 0 aliphatic rings. The maximum atomic E-state index is 5.60. The lowest BCUT2D eigenvalue weighted by molar-refractivity contribution is 0.403. The maximum Gasteiger partial charge on any atom is 0.124 e. The average molecular weight is 285 g/mol. The molecule has 1 N–H and O–H groups in total. The summed E-state index contributed by atoms with van der Waals surface area (Å²) in [4.78, 5) is 0. The fourth-order valence-electron chi connectivity index (χ4n) is 2.78. The van der Waals surface area contributed by atoms with Crippen LogP contribution in [0, 0.1) is 13.8 Å². The third kappa shape index (κ3) is 3.19. The molecule has 0 bridgehead atoms. The molecule has 2 aromatic rings. The number of hydrogen-bond donors (Lipinski definition) is 1. The number of rotatable bonds is 5. The van der Waals surface area contributed by atoms with E-state index in [9.17, 15) is 0 Å². The smallest absolute Gasteiger partial charge is 0.124 e. The molecule has 0 amide bonds. The fraction of sp³-hybridized carbons (Fsp3) is 0.333. The van der Waals surface area contributed by atoms with Crippen molar-refractivity contribution in [2.45, 2.75) is 19.9 Å². The van der Waals surface area contributed by atoms with E-state index in [0.29, 0.717) is 0 Å². The quantitative estimate of drug-likeness (QED) is 0.910. The Hall–Kier alpha value is -2.00. The van der Waals surface area contributed by atoms with Gasteiger partial charge in [-0.2, -0.15) is 0 Å². The zero-order chi connectivity index (χ0) is 15.4. The second-order valence-corrected chi connectivity index (χ2v) is 5.20. The molecular formula is C18H23NO2. The second-order valence-electron chi connectivity index (χ2n) is 5.20. The van der Waals surface area contributed by atoms with Gasteiger partial charge in [0.05, 0.1) is 20.3 Å². The molecule has 0 saturated heterocycles. The van der Waals surface area contributed by atoms with E-state index >= 15 is 0 Å². The summed E-state index contributed by atoms with van der Waals surface area (Å²) >= 11 is 0. The summed E-state index contributed by atoms with van der Waals surface area (Å²) in [6.07, 6.45) is 0. The highest BCUT2D eigenvalue weighted by atomic mass is 16.5. The van der Waals surface area contributed by atoms with E-state index in [0.717, 1.165) is 17.1 Å². The maximum absolute atomic E-state index is 5.60. The lowest BCUT2D eigenvalue weighted by Gasteiger charge is -2.23.